The van der Waals surface area contributed by atoms with E-state index >= 15 is 0 Å². The van der Waals surface area contributed by atoms with E-state index in [1.165, 1.54) is 0 Å². The minimum atomic E-state index is -2.01. The number of nitrogens with one attached hydrogen (secondary N) is 1. The summed E-state index contributed by atoms with van der Waals surface area (Å²) in [6.07, 6.45) is 0. The van der Waals surface area contributed by atoms with Gasteiger partial charge in [-0.2, -0.15) is 0 Å². The highest BCUT2D eigenvalue weighted by molar-refractivity contribution is 6.71. The third-order valence-corrected chi connectivity index (χ3v) is 2.68. The Balaban J connectivity index is 2.61. The molecule has 14 heavy (non-hydrogen) atoms. The third kappa shape index (κ3) is 1.21. The highest BCUT2D eigenvalue weighted by Gasteiger charge is 2.46. The zero-order valence-electron chi connectivity index (χ0n) is 6.88. The Labute approximate surface area is 90.0 Å². The molecule has 1 aliphatic heterocycles. The van der Waals surface area contributed by atoms with Crippen LogP contribution in [0.5, 0.6) is 0 Å². The topological polar surface area (TPSA) is 46.2 Å². The highest BCUT2D eigenvalue weighted by Crippen LogP contribution is 2.34. The average molecular weight is 230 g/mol. The van der Waals surface area contributed by atoms with Crippen LogP contribution in [0.2, 0.25) is 0 Å². The molecule has 0 saturated heterocycles. The van der Waals surface area contributed by atoms with Gasteiger partial charge < -0.3 is 5.32 Å². The van der Waals surface area contributed by atoms with E-state index in [1.54, 1.807) is 24.3 Å². The van der Waals surface area contributed by atoms with Gasteiger partial charge in [0.05, 0.1) is 5.69 Å². The smallest absolute Gasteiger partial charge is 0.269 e. The molecule has 1 heterocycles. The molecule has 1 aromatic rings. The normalized spacial score (nSPS) is 18.7. The predicted octanol–water partition coefficient (Wildman–Crippen LogP) is 2.00. The van der Waals surface area contributed by atoms with Gasteiger partial charge in [-0.15, -0.1) is 0 Å². The van der Waals surface area contributed by atoms with Crippen molar-refractivity contribution in [3.8, 4) is 0 Å². The van der Waals surface area contributed by atoms with Gasteiger partial charge in [0.1, 0.15) is 0 Å². The van der Waals surface area contributed by atoms with E-state index in [1.807, 2.05) is 0 Å². The van der Waals surface area contributed by atoms with Crippen LogP contribution in [-0.2, 0) is 4.79 Å². The van der Waals surface area contributed by atoms with Crippen molar-refractivity contribution in [2.24, 2.45) is 0 Å². The molecule has 1 aromatic carbocycles. The Morgan fingerprint density at radius 1 is 1.14 bits per heavy atom. The Morgan fingerprint density at radius 3 is 2.50 bits per heavy atom. The SMILES string of the molecule is O=C1Nc2ccccc2C(=O)C1(Cl)Cl. The molecule has 2 rings (SSSR count). The molecule has 1 amide bonds. The second-order valence-electron chi connectivity index (χ2n) is 2.90. The molecule has 0 fully saturated rings. The van der Waals surface area contributed by atoms with E-state index < -0.39 is 16.0 Å². The van der Waals surface area contributed by atoms with Crippen molar-refractivity contribution >= 4 is 40.6 Å². The maximum Gasteiger partial charge on any atom is 0.269 e. The first-order valence-electron chi connectivity index (χ1n) is 3.86. The summed E-state index contributed by atoms with van der Waals surface area (Å²) >= 11 is 11.2. The van der Waals surface area contributed by atoms with Gasteiger partial charge in [-0.05, 0) is 12.1 Å². The van der Waals surface area contributed by atoms with Crippen molar-refractivity contribution in [3.05, 3.63) is 29.8 Å². The number of hydrogen-bond donors (Lipinski definition) is 1. The first-order valence-corrected chi connectivity index (χ1v) is 4.62. The molecular formula is C9H5Cl2NO2. The van der Waals surface area contributed by atoms with Crippen molar-refractivity contribution in [2.75, 3.05) is 5.32 Å². The van der Waals surface area contributed by atoms with E-state index in [4.69, 9.17) is 23.2 Å². The van der Waals surface area contributed by atoms with Crippen LogP contribution in [0.3, 0.4) is 0 Å². The number of anilines is 1. The van der Waals surface area contributed by atoms with Gasteiger partial charge in [-0.1, -0.05) is 35.3 Å². The first-order chi connectivity index (χ1) is 6.53. The summed E-state index contributed by atoms with van der Waals surface area (Å²) in [7, 11) is 0. The molecule has 0 saturated carbocycles. The summed E-state index contributed by atoms with van der Waals surface area (Å²) in [6, 6.07) is 6.57. The number of para-hydroxylation sites is 1. The summed E-state index contributed by atoms with van der Waals surface area (Å²) in [5.41, 5.74) is 0.775. The quantitative estimate of drug-likeness (QED) is 0.547. The van der Waals surface area contributed by atoms with Gasteiger partial charge in [0.2, 0.25) is 5.78 Å². The summed E-state index contributed by atoms with van der Waals surface area (Å²) in [5.74, 6) is -1.29. The molecule has 0 radical (unpaired) electrons. The van der Waals surface area contributed by atoms with Crippen molar-refractivity contribution in [1.82, 2.24) is 0 Å². The van der Waals surface area contributed by atoms with Crippen LogP contribution in [-0.4, -0.2) is 16.0 Å². The Morgan fingerprint density at radius 2 is 1.79 bits per heavy atom. The molecule has 0 aromatic heterocycles. The molecule has 0 unspecified atom stereocenters. The van der Waals surface area contributed by atoms with E-state index in [-0.39, 0.29) is 0 Å². The molecule has 0 bridgehead atoms. The molecule has 5 heteroatoms. The second-order valence-corrected chi connectivity index (χ2v) is 4.23. The Bertz CT molecular complexity index is 429. The van der Waals surface area contributed by atoms with Crippen LogP contribution in [0.15, 0.2) is 24.3 Å². The second kappa shape index (κ2) is 2.97. The fraction of sp³-hybridized carbons (Fsp3) is 0.111. The zero-order valence-corrected chi connectivity index (χ0v) is 8.39. The van der Waals surface area contributed by atoms with E-state index in [9.17, 15) is 9.59 Å². The zero-order chi connectivity index (χ0) is 10.3. The number of rotatable bonds is 0. The maximum atomic E-state index is 11.6. The average Bonchev–Trinajstić information content (AvgIpc) is 2.15. The van der Waals surface area contributed by atoms with Crippen LogP contribution in [0, 0.1) is 0 Å². The number of carbonyl (C=O) groups is 2. The lowest BCUT2D eigenvalue weighted by molar-refractivity contribution is -0.116. The number of halogens is 2. The summed E-state index contributed by atoms with van der Waals surface area (Å²) in [4.78, 5) is 22.9. The fourth-order valence-corrected chi connectivity index (χ4v) is 1.56. The number of carbonyl (C=O) groups excluding carboxylic acids is 2. The van der Waals surface area contributed by atoms with Gasteiger partial charge in [-0.25, -0.2) is 0 Å². The number of hydrogen-bond acceptors (Lipinski definition) is 2. The summed E-state index contributed by atoms with van der Waals surface area (Å²) in [5, 5.41) is 2.46. The van der Waals surface area contributed by atoms with Crippen LogP contribution in [0.25, 0.3) is 0 Å². The first kappa shape index (κ1) is 9.49. The maximum absolute atomic E-state index is 11.6. The van der Waals surface area contributed by atoms with Crippen molar-refractivity contribution < 1.29 is 9.59 Å². The third-order valence-electron chi connectivity index (χ3n) is 1.99. The minimum absolute atomic E-state index is 0.331. The molecule has 72 valence electrons. The molecule has 0 spiro atoms. The number of Topliss-reactive ketones (excluding diaryl/α,β-unsaturated/α-hetero) is 1. The Hall–Kier alpha value is -1.06. The van der Waals surface area contributed by atoms with E-state index in [2.05, 4.69) is 5.32 Å². The summed E-state index contributed by atoms with van der Waals surface area (Å²) in [6.45, 7) is 0. The predicted molar refractivity (Wildman–Crippen MR) is 53.8 cm³/mol. The van der Waals surface area contributed by atoms with Gasteiger partial charge in [0.15, 0.2) is 0 Å². The lowest BCUT2D eigenvalue weighted by Gasteiger charge is -2.24. The standard InChI is InChI=1S/C9H5Cl2NO2/c10-9(11)7(13)5-3-1-2-4-6(5)12-8(9)14/h1-4H,(H,12,14). The molecule has 0 aliphatic carbocycles. The van der Waals surface area contributed by atoms with Crippen molar-refractivity contribution in [3.63, 3.8) is 0 Å². The minimum Gasteiger partial charge on any atom is -0.322 e. The largest absolute Gasteiger partial charge is 0.322 e. The summed E-state index contributed by atoms with van der Waals surface area (Å²) < 4.78 is -2.01. The molecule has 1 N–H and O–H groups in total. The Kier molecular flexibility index (Phi) is 2.01. The number of amides is 1. The van der Waals surface area contributed by atoms with Gasteiger partial charge in [0, 0.05) is 5.56 Å². The fourth-order valence-electron chi connectivity index (χ4n) is 1.26. The molecule has 3 nitrogen and oxygen atoms in total. The van der Waals surface area contributed by atoms with Crippen molar-refractivity contribution in [2.45, 2.75) is 4.33 Å². The van der Waals surface area contributed by atoms with Crippen LogP contribution in [0.1, 0.15) is 10.4 Å². The lowest BCUT2D eigenvalue weighted by atomic mass is 10.0. The number of fused-ring (bicyclic) bond motifs is 1. The van der Waals surface area contributed by atoms with Gasteiger partial charge >= 0.3 is 0 Å². The van der Waals surface area contributed by atoms with Crippen molar-refractivity contribution in [1.29, 1.82) is 0 Å². The number of ketones is 1. The highest BCUT2D eigenvalue weighted by atomic mass is 35.5. The van der Waals surface area contributed by atoms with E-state index in [0.29, 0.717) is 11.3 Å². The monoisotopic (exact) mass is 229 g/mol. The number of alkyl halides is 2. The van der Waals surface area contributed by atoms with Gasteiger partial charge in [0.25, 0.3) is 10.2 Å². The molecule has 1 aliphatic rings. The van der Waals surface area contributed by atoms with Crippen LogP contribution >= 0.6 is 23.2 Å². The van der Waals surface area contributed by atoms with Crippen LogP contribution < -0.4 is 5.32 Å². The van der Waals surface area contributed by atoms with Gasteiger partial charge in [-0.3, -0.25) is 9.59 Å². The lowest BCUT2D eigenvalue weighted by Crippen LogP contribution is -2.44. The van der Waals surface area contributed by atoms with E-state index in [0.717, 1.165) is 0 Å². The van der Waals surface area contributed by atoms with Crippen LogP contribution in [0.4, 0.5) is 5.69 Å². The molecular weight excluding hydrogens is 225 g/mol. The molecule has 0 atom stereocenters. The number of benzene rings is 1.